The Balaban J connectivity index is 1.46. The minimum Gasteiger partial charge on any atom is -0.446 e. The van der Waals surface area contributed by atoms with Gasteiger partial charge in [0.25, 0.3) is 0 Å². The van der Waals surface area contributed by atoms with Gasteiger partial charge >= 0.3 is 12.2 Å². The first-order chi connectivity index (χ1) is 17.6. The first-order valence-electron chi connectivity index (χ1n) is 13.8. The zero-order valence-electron chi connectivity index (χ0n) is 22.9. The summed E-state index contributed by atoms with van der Waals surface area (Å²) in [7, 11) is 0. The van der Waals surface area contributed by atoms with Crippen molar-refractivity contribution in [2.45, 2.75) is 96.9 Å². The molecule has 4 rings (SSSR count). The van der Waals surface area contributed by atoms with Crippen LogP contribution < -0.4 is 0 Å². The van der Waals surface area contributed by atoms with E-state index in [2.05, 4.69) is 9.55 Å². The molecule has 1 unspecified atom stereocenters. The van der Waals surface area contributed by atoms with Crippen molar-refractivity contribution in [2.75, 3.05) is 32.7 Å². The van der Waals surface area contributed by atoms with Gasteiger partial charge in [-0.15, -0.1) is 0 Å². The second-order valence-electron chi connectivity index (χ2n) is 11.8. The molecule has 206 valence electrons. The highest BCUT2D eigenvalue weighted by Gasteiger charge is 2.42. The molecule has 10 nitrogen and oxygen atoms in total. The number of hydrogen-bond acceptors (Lipinski definition) is 6. The van der Waals surface area contributed by atoms with Crippen LogP contribution in [-0.4, -0.2) is 92.8 Å². The third-order valence-corrected chi connectivity index (χ3v) is 7.43. The number of piperidine rings is 1. The summed E-state index contributed by atoms with van der Waals surface area (Å²) in [6.07, 6.45) is 9.78. The molecule has 3 amide bonds. The van der Waals surface area contributed by atoms with Gasteiger partial charge in [-0.2, -0.15) is 0 Å². The molecule has 1 aliphatic carbocycles. The van der Waals surface area contributed by atoms with Gasteiger partial charge in [-0.3, -0.25) is 9.69 Å². The average Bonchev–Trinajstić information content (AvgIpc) is 3.27. The average molecular weight is 518 g/mol. The van der Waals surface area contributed by atoms with Crippen LogP contribution in [0.3, 0.4) is 0 Å². The largest absolute Gasteiger partial charge is 0.446 e. The first-order valence-corrected chi connectivity index (χ1v) is 13.8. The molecule has 1 saturated carbocycles. The van der Waals surface area contributed by atoms with Gasteiger partial charge < -0.3 is 23.8 Å². The summed E-state index contributed by atoms with van der Waals surface area (Å²) in [5.41, 5.74) is 0.333. The molecule has 1 aromatic rings. The summed E-state index contributed by atoms with van der Waals surface area (Å²) in [5, 5.41) is 0. The van der Waals surface area contributed by atoms with E-state index in [0.29, 0.717) is 25.6 Å². The fraction of sp³-hybridized carbons (Fsp3) is 0.778. The standard InChI is InChI=1S/C27H43N5O5/c1-20-15-29(19-28-20)16-21-9-8-12-30(17-21)24(33)23-18-31(25(34)37-27(2,3)4)13-14-32(23)26(35)36-22-10-6-5-7-11-22/h15,19,21-23H,5-14,16-18H2,1-4H3/t21?,23-/m1/s1. The number of carbonyl (C=O) groups excluding carboxylic acids is 3. The fourth-order valence-electron chi connectivity index (χ4n) is 5.59. The first kappa shape index (κ1) is 27.3. The van der Waals surface area contributed by atoms with Crippen LogP contribution in [0.2, 0.25) is 0 Å². The van der Waals surface area contributed by atoms with Crippen molar-refractivity contribution in [1.82, 2.24) is 24.3 Å². The highest BCUT2D eigenvalue weighted by molar-refractivity contribution is 5.87. The minimum absolute atomic E-state index is 0.0982. The van der Waals surface area contributed by atoms with Crippen molar-refractivity contribution in [3.8, 4) is 0 Å². The number of aromatic nitrogens is 2. The van der Waals surface area contributed by atoms with E-state index in [1.165, 1.54) is 6.42 Å². The molecule has 0 bridgehead atoms. The molecule has 1 aromatic heterocycles. The van der Waals surface area contributed by atoms with Gasteiger partial charge in [-0.25, -0.2) is 14.6 Å². The van der Waals surface area contributed by atoms with E-state index in [9.17, 15) is 14.4 Å². The Hall–Kier alpha value is -2.78. The number of ether oxygens (including phenoxy) is 2. The van der Waals surface area contributed by atoms with Crippen LogP contribution in [-0.2, 0) is 20.8 Å². The second-order valence-corrected chi connectivity index (χ2v) is 11.8. The second kappa shape index (κ2) is 11.7. The fourth-order valence-corrected chi connectivity index (χ4v) is 5.59. The zero-order chi connectivity index (χ0) is 26.6. The van der Waals surface area contributed by atoms with Gasteiger partial charge in [0.05, 0.1) is 18.6 Å². The monoisotopic (exact) mass is 517 g/mol. The molecule has 0 aromatic carbocycles. The maximum Gasteiger partial charge on any atom is 0.410 e. The van der Waals surface area contributed by atoms with E-state index in [1.54, 1.807) is 9.80 Å². The summed E-state index contributed by atoms with van der Waals surface area (Å²) in [6, 6.07) is -0.786. The van der Waals surface area contributed by atoms with Crippen molar-refractivity contribution in [2.24, 2.45) is 5.92 Å². The molecule has 3 fully saturated rings. The number of nitrogens with zero attached hydrogens (tertiary/aromatic N) is 5. The maximum absolute atomic E-state index is 13.9. The number of aryl methyl sites for hydroxylation is 1. The zero-order valence-corrected chi connectivity index (χ0v) is 22.9. The van der Waals surface area contributed by atoms with Crippen molar-refractivity contribution < 1.29 is 23.9 Å². The van der Waals surface area contributed by atoms with E-state index in [1.807, 2.05) is 45.1 Å². The molecule has 10 heteroatoms. The van der Waals surface area contributed by atoms with Gasteiger partial charge in [0.2, 0.25) is 5.91 Å². The number of imidazole rings is 1. The summed E-state index contributed by atoms with van der Waals surface area (Å²) >= 11 is 0. The van der Waals surface area contributed by atoms with Gasteiger partial charge in [0, 0.05) is 38.9 Å². The van der Waals surface area contributed by atoms with Crippen LogP contribution in [0.25, 0.3) is 0 Å². The van der Waals surface area contributed by atoms with Crippen molar-refractivity contribution in [1.29, 1.82) is 0 Å². The van der Waals surface area contributed by atoms with E-state index in [0.717, 1.165) is 50.8 Å². The number of hydrogen-bond donors (Lipinski definition) is 0. The third-order valence-electron chi connectivity index (χ3n) is 7.43. The summed E-state index contributed by atoms with van der Waals surface area (Å²) in [5.74, 6) is 0.180. The van der Waals surface area contributed by atoms with E-state index >= 15 is 0 Å². The smallest absolute Gasteiger partial charge is 0.410 e. The molecule has 3 aliphatic rings. The van der Waals surface area contributed by atoms with Crippen LogP contribution in [0.15, 0.2) is 12.5 Å². The number of piperazine rings is 1. The summed E-state index contributed by atoms with van der Waals surface area (Å²) < 4.78 is 13.5. The molecule has 0 spiro atoms. The molecular weight excluding hydrogens is 474 g/mol. The molecule has 0 radical (unpaired) electrons. The molecule has 2 atom stereocenters. The van der Waals surface area contributed by atoms with E-state index < -0.39 is 23.8 Å². The number of rotatable bonds is 4. The Bertz CT molecular complexity index is 951. The quantitative estimate of drug-likeness (QED) is 0.602. The van der Waals surface area contributed by atoms with Crippen LogP contribution in [0.4, 0.5) is 9.59 Å². The van der Waals surface area contributed by atoms with Gasteiger partial charge in [0.1, 0.15) is 17.7 Å². The lowest BCUT2D eigenvalue weighted by atomic mass is 9.96. The number of carbonyl (C=O) groups is 3. The third kappa shape index (κ3) is 7.38. The molecule has 37 heavy (non-hydrogen) atoms. The molecule has 2 aliphatic heterocycles. The molecule has 2 saturated heterocycles. The maximum atomic E-state index is 13.9. The normalized spacial score (nSPS) is 23.6. The van der Waals surface area contributed by atoms with E-state index in [4.69, 9.17) is 9.47 Å². The molecule has 0 N–H and O–H groups in total. The van der Waals surface area contributed by atoms with Crippen LogP contribution in [0.1, 0.15) is 71.4 Å². The van der Waals surface area contributed by atoms with Crippen molar-refractivity contribution in [3.05, 3.63) is 18.2 Å². The topological polar surface area (TPSA) is 97.2 Å². The SMILES string of the molecule is Cc1cn(CC2CCCN(C(=O)[C@H]3CN(C(=O)OC(C)(C)C)CCN3C(=O)OC3CCCCC3)C2)cn1. The molecular formula is C27H43N5O5. The Labute approximate surface area is 220 Å². The minimum atomic E-state index is -0.786. The van der Waals surface area contributed by atoms with Gasteiger partial charge in [-0.1, -0.05) is 6.42 Å². The van der Waals surface area contributed by atoms with Crippen LogP contribution >= 0.6 is 0 Å². The molecule has 3 heterocycles. The highest BCUT2D eigenvalue weighted by atomic mass is 16.6. The van der Waals surface area contributed by atoms with Gasteiger partial charge in [-0.05, 0) is 72.1 Å². The van der Waals surface area contributed by atoms with Gasteiger partial charge in [0.15, 0.2) is 0 Å². The Morgan fingerprint density at radius 2 is 1.70 bits per heavy atom. The lowest BCUT2D eigenvalue weighted by Crippen LogP contribution is -2.63. The Kier molecular flexibility index (Phi) is 8.64. The Morgan fingerprint density at radius 1 is 0.946 bits per heavy atom. The number of likely N-dealkylation sites (tertiary alicyclic amines) is 1. The summed E-state index contributed by atoms with van der Waals surface area (Å²) in [6.45, 7) is 10.1. The van der Waals surface area contributed by atoms with Crippen molar-refractivity contribution >= 4 is 18.1 Å². The lowest BCUT2D eigenvalue weighted by Gasteiger charge is -2.43. The lowest BCUT2D eigenvalue weighted by molar-refractivity contribution is -0.140. The Morgan fingerprint density at radius 3 is 2.38 bits per heavy atom. The van der Waals surface area contributed by atoms with Crippen LogP contribution in [0.5, 0.6) is 0 Å². The predicted molar refractivity (Wildman–Crippen MR) is 138 cm³/mol. The van der Waals surface area contributed by atoms with E-state index in [-0.39, 0.29) is 25.1 Å². The number of amides is 3. The highest BCUT2D eigenvalue weighted by Crippen LogP contribution is 2.25. The van der Waals surface area contributed by atoms with Crippen molar-refractivity contribution in [3.63, 3.8) is 0 Å². The summed E-state index contributed by atoms with van der Waals surface area (Å²) in [4.78, 5) is 49.3. The predicted octanol–water partition coefficient (Wildman–Crippen LogP) is 3.82. The van der Waals surface area contributed by atoms with Crippen LogP contribution in [0, 0.1) is 12.8 Å².